The maximum absolute atomic E-state index is 11.6. The van der Waals surface area contributed by atoms with E-state index in [0.29, 0.717) is 19.8 Å². The van der Waals surface area contributed by atoms with E-state index in [0.717, 1.165) is 24.2 Å². The van der Waals surface area contributed by atoms with Crippen LogP contribution in [-0.4, -0.2) is 62.4 Å². The summed E-state index contributed by atoms with van der Waals surface area (Å²) in [4.78, 5) is 2.29. The number of rotatable bonds is 10. The zero-order chi connectivity index (χ0) is 24.8. The normalized spacial score (nSPS) is 24.3. The number of nitrogens with zero attached hydrogens (tertiary/aromatic N) is 1. The molecule has 1 aliphatic heterocycles. The summed E-state index contributed by atoms with van der Waals surface area (Å²) in [6, 6.07) is 20.1. The first kappa shape index (κ1) is 27.1. The Morgan fingerprint density at radius 3 is 2.03 bits per heavy atom. The molecule has 4 atom stereocenters. The molecule has 0 spiro atoms. The zero-order valence-electron chi connectivity index (χ0n) is 21.7. The fourth-order valence-electron chi connectivity index (χ4n) is 4.20. The maximum atomic E-state index is 11.6. The highest BCUT2D eigenvalue weighted by molar-refractivity contribution is 6.74. The first-order valence-electron chi connectivity index (χ1n) is 12.5. The third-order valence-corrected chi connectivity index (χ3v) is 11.8. The Balaban J connectivity index is 1.76. The number of benzene rings is 2. The summed E-state index contributed by atoms with van der Waals surface area (Å²) in [7, 11) is -2.05. The molecule has 3 rings (SSSR count). The first-order chi connectivity index (χ1) is 16.1. The Kier molecular flexibility index (Phi) is 9.49. The second-order valence-electron chi connectivity index (χ2n) is 10.8. The molecule has 0 saturated carbocycles. The molecular weight excluding hydrogens is 442 g/mol. The van der Waals surface area contributed by atoms with Gasteiger partial charge in [0.2, 0.25) is 0 Å². The van der Waals surface area contributed by atoms with Crippen molar-refractivity contribution in [2.75, 3.05) is 19.7 Å². The van der Waals surface area contributed by atoms with E-state index >= 15 is 0 Å². The lowest BCUT2D eigenvalue weighted by atomic mass is 9.94. The zero-order valence-corrected chi connectivity index (χ0v) is 22.7. The third kappa shape index (κ3) is 7.00. The summed E-state index contributed by atoms with van der Waals surface area (Å²) in [6.45, 7) is 16.4. The Hall–Kier alpha value is -1.54. The van der Waals surface area contributed by atoms with Crippen molar-refractivity contribution in [2.24, 2.45) is 0 Å². The average Bonchev–Trinajstić information content (AvgIpc) is 2.80. The second-order valence-corrected chi connectivity index (χ2v) is 15.6. The quantitative estimate of drug-likeness (QED) is 0.466. The third-order valence-electron chi connectivity index (χ3n) is 7.32. The van der Waals surface area contributed by atoms with Crippen molar-refractivity contribution < 1.29 is 19.0 Å². The number of hydrogen-bond acceptors (Lipinski definition) is 5. The van der Waals surface area contributed by atoms with Gasteiger partial charge in [0.15, 0.2) is 8.32 Å². The number of aliphatic hydroxyl groups excluding tert-OH is 1. The van der Waals surface area contributed by atoms with Crippen LogP contribution in [0.4, 0.5) is 0 Å². The largest absolute Gasteiger partial charge is 0.410 e. The van der Waals surface area contributed by atoms with Crippen molar-refractivity contribution in [1.29, 1.82) is 0 Å². The van der Waals surface area contributed by atoms with Gasteiger partial charge in [-0.15, -0.1) is 0 Å². The molecule has 3 unspecified atom stereocenters. The molecule has 1 N–H and O–H groups in total. The Morgan fingerprint density at radius 1 is 0.941 bits per heavy atom. The van der Waals surface area contributed by atoms with Crippen molar-refractivity contribution >= 4 is 8.32 Å². The highest BCUT2D eigenvalue weighted by Crippen LogP contribution is 2.39. The van der Waals surface area contributed by atoms with Crippen LogP contribution in [0.2, 0.25) is 18.1 Å². The molecular formula is C28H43NO4Si. The van der Waals surface area contributed by atoms with E-state index in [2.05, 4.69) is 70.0 Å². The fourth-order valence-corrected chi connectivity index (χ4v) is 5.52. The van der Waals surface area contributed by atoms with Gasteiger partial charge in [-0.05, 0) is 35.8 Å². The molecule has 1 heterocycles. The maximum Gasteiger partial charge on any atom is 0.192 e. The number of ether oxygens (including phenoxy) is 2. The van der Waals surface area contributed by atoms with E-state index in [4.69, 9.17) is 13.9 Å². The summed E-state index contributed by atoms with van der Waals surface area (Å²) in [5.41, 5.74) is 2.22. The molecule has 34 heavy (non-hydrogen) atoms. The molecule has 1 aliphatic rings. The van der Waals surface area contributed by atoms with Crippen LogP contribution >= 0.6 is 0 Å². The van der Waals surface area contributed by atoms with Crippen LogP contribution in [0, 0.1) is 0 Å². The van der Waals surface area contributed by atoms with E-state index in [1.165, 1.54) is 0 Å². The molecule has 0 bridgehead atoms. The van der Waals surface area contributed by atoms with Gasteiger partial charge in [-0.3, -0.25) is 4.90 Å². The van der Waals surface area contributed by atoms with Crippen LogP contribution in [0.1, 0.15) is 38.8 Å². The smallest absolute Gasteiger partial charge is 0.192 e. The molecule has 0 aromatic heterocycles. The number of piperidine rings is 1. The Bertz CT molecular complexity index is 856. The van der Waals surface area contributed by atoms with Crippen LogP contribution in [-0.2, 0) is 27.1 Å². The molecule has 0 amide bonds. The van der Waals surface area contributed by atoms with Gasteiger partial charge in [0.25, 0.3) is 0 Å². The average molecular weight is 486 g/mol. The molecule has 1 fully saturated rings. The minimum atomic E-state index is -2.05. The van der Waals surface area contributed by atoms with Crippen molar-refractivity contribution in [2.45, 2.75) is 83.4 Å². The fraction of sp³-hybridized carbons (Fsp3) is 0.571. The van der Waals surface area contributed by atoms with Crippen LogP contribution in [0.3, 0.4) is 0 Å². The molecule has 2 aromatic rings. The number of likely N-dealkylation sites (tertiary alicyclic amines) is 1. The number of likely N-dealkylation sites (N-methyl/N-ethyl adjacent to an activating group) is 1. The van der Waals surface area contributed by atoms with Crippen molar-refractivity contribution in [3.8, 4) is 0 Å². The van der Waals surface area contributed by atoms with Crippen molar-refractivity contribution in [3.63, 3.8) is 0 Å². The summed E-state index contributed by atoms with van der Waals surface area (Å²) in [5.74, 6) is 0. The minimum absolute atomic E-state index is 0.0780. The van der Waals surface area contributed by atoms with Gasteiger partial charge in [0, 0.05) is 6.54 Å². The molecule has 5 nitrogen and oxygen atoms in total. The van der Waals surface area contributed by atoms with Crippen LogP contribution in [0.15, 0.2) is 60.7 Å². The van der Waals surface area contributed by atoms with Gasteiger partial charge in [-0.25, -0.2) is 0 Å². The highest BCUT2D eigenvalue weighted by Gasteiger charge is 2.48. The lowest BCUT2D eigenvalue weighted by Crippen LogP contribution is -2.65. The number of hydrogen-bond donors (Lipinski definition) is 1. The predicted octanol–water partition coefficient (Wildman–Crippen LogP) is 5.24. The van der Waals surface area contributed by atoms with Crippen molar-refractivity contribution in [3.05, 3.63) is 71.8 Å². The highest BCUT2D eigenvalue weighted by atomic mass is 28.4. The second kappa shape index (κ2) is 11.9. The molecule has 1 saturated heterocycles. The standard InChI is InChI=1S/C28H43NO4Si/c1-7-29-18-25(33-34(5,6)28(2,3)4)27(32-20-23-16-12-9-13-17-23)26(30)24(29)21-31-19-22-14-10-8-11-15-22/h8-17,24-27,30H,7,18-21H2,1-6H3/t24?,25?,26-,27?/m0/s1. The van der Waals surface area contributed by atoms with Gasteiger partial charge in [-0.2, -0.15) is 0 Å². The molecule has 188 valence electrons. The minimum Gasteiger partial charge on any atom is -0.410 e. The lowest BCUT2D eigenvalue weighted by Gasteiger charge is -2.50. The van der Waals surface area contributed by atoms with E-state index in [1.54, 1.807) is 0 Å². The van der Waals surface area contributed by atoms with Crippen LogP contribution < -0.4 is 0 Å². The van der Waals surface area contributed by atoms with E-state index in [9.17, 15) is 5.11 Å². The van der Waals surface area contributed by atoms with E-state index < -0.39 is 20.5 Å². The summed E-state index contributed by atoms with van der Waals surface area (Å²) in [5, 5.41) is 11.6. The van der Waals surface area contributed by atoms with Crippen LogP contribution in [0.25, 0.3) is 0 Å². The van der Waals surface area contributed by atoms with Gasteiger partial charge >= 0.3 is 0 Å². The topological polar surface area (TPSA) is 51.2 Å². The number of aliphatic hydroxyl groups is 1. The van der Waals surface area contributed by atoms with Crippen LogP contribution in [0.5, 0.6) is 0 Å². The molecule has 2 aromatic carbocycles. The van der Waals surface area contributed by atoms with Gasteiger partial charge in [0.1, 0.15) is 12.2 Å². The Labute approximate surface area is 207 Å². The van der Waals surface area contributed by atoms with Gasteiger partial charge in [-0.1, -0.05) is 88.4 Å². The van der Waals surface area contributed by atoms with Gasteiger partial charge in [0.05, 0.1) is 32.0 Å². The molecule has 6 heteroatoms. The first-order valence-corrected chi connectivity index (χ1v) is 15.4. The van der Waals surface area contributed by atoms with E-state index in [1.807, 2.05) is 36.4 Å². The summed E-state index contributed by atoms with van der Waals surface area (Å²) < 4.78 is 19.3. The summed E-state index contributed by atoms with van der Waals surface area (Å²) >= 11 is 0. The molecule has 0 radical (unpaired) electrons. The van der Waals surface area contributed by atoms with Gasteiger partial charge < -0.3 is 19.0 Å². The predicted molar refractivity (Wildman–Crippen MR) is 140 cm³/mol. The molecule has 0 aliphatic carbocycles. The monoisotopic (exact) mass is 485 g/mol. The van der Waals surface area contributed by atoms with E-state index in [-0.39, 0.29) is 17.2 Å². The Morgan fingerprint density at radius 2 is 1.50 bits per heavy atom. The lowest BCUT2D eigenvalue weighted by molar-refractivity contribution is -0.171. The van der Waals surface area contributed by atoms with Crippen molar-refractivity contribution in [1.82, 2.24) is 4.90 Å². The summed E-state index contributed by atoms with van der Waals surface area (Å²) in [6.07, 6.45) is -1.31. The SMILES string of the molecule is CCN1CC(O[Si](C)(C)C(C)(C)C)C(OCc2ccccc2)[C@@H](O)C1COCc1ccccc1.